The second-order valence-electron chi connectivity index (χ2n) is 8.21. The van der Waals surface area contributed by atoms with E-state index in [9.17, 15) is 18.0 Å². The summed E-state index contributed by atoms with van der Waals surface area (Å²) < 4.78 is 33.7. The molecule has 2 aromatic carbocycles. The number of ether oxygens (including phenoxy) is 1. The molecule has 1 atom stereocenters. The van der Waals surface area contributed by atoms with Crippen LogP contribution in [0, 0.1) is 0 Å². The van der Waals surface area contributed by atoms with Crippen molar-refractivity contribution in [2.45, 2.75) is 12.5 Å². The highest BCUT2D eigenvalue weighted by Gasteiger charge is 2.32. The van der Waals surface area contributed by atoms with Crippen LogP contribution >= 0.6 is 11.6 Å². The summed E-state index contributed by atoms with van der Waals surface area (Å²) in [5.41, 5.74) is 0.118. The van der Waals surface area contributed by atoms with Gasteiger partial charge in [-0.25, -0.2) is 22.1 Å². The maximum atomic E-state index is 13.9. The van der Waals surface area contributed by atoms with Gasteiger partial charge in [0.25, 0.3) is 5.56 Å². The summed E-state index contributed by atoms with van der Waals surface area (Å²) in [5.74, 6) is 0.501. The topological polar surface area (TPSA) is 104 Å². The first kappa shape index (κ1) is 22.6. The molecule has 0 N–H and O–H groups in total. The molecule has 1 aliphatic rings. The van der Waals surface area contributed by atoms with Crippen LogP contribution in [-0.2, 0) is 10.0 Å². The SMILES string of the molecule is COc1cccc2c1ncc1c(=O)n(-c3cccc(Cl)c3)c(=O)n([C@@H]3CCN(S(C)(=O)=O)C3)c12. The molecule has 1 saturated heterocycles. The van der Waals surface area contributed by atoms with Crippen LogP contribution in [0.1, 0.15) is 12.5 Å². The molecule has 9 nitrogen and oxygen atoms in total. The smallest absolute Gasteiger partial charge is 0.336 e. The zero-order valence-electron chi connectivity index (χ0n) is 18.4. The van der Waals surface area contributed by atoms with Gasteiger partial charge in [0.15, 0.2) is 0 Å². The Balaban J connectivity index is 1.91. The average molecular weight is 501 g/mol. The minimum atomic E-state index is -3.44. The van der Waals surface area contributed by atoms with Gasteiger partial charge < -0.3 is 4.74 Å². The van der Waals surface area contributed by atoms with E-state index in [2.05, 4.69) is 4.98 Å². The normalized spacial score (nSPS) is 17.0. The molecule has 0 radical (unpaired) electrons. The molecule has 34 heavy (non-hydrogen) atoms. The molecule has 0 saturated carbocycles. The van der Waals surface area contributed by atoms with Gasteiger partial charge in [-0.15, -0.1) is 0 Å². The van der Waals surface area contributed by atoms with Gasteiger partial charge in [0.05, 0.1) is 36.0 Å². The number of methoxy groups -OCH3 is 1. The largest absolute Gasteiger partial charge is 0.494 e. The van der Waals surface area contributed by atoms with Crippen LogP contribution in [0.15, 0.2) is 58.3 Å². The van der Waals surface area contributed by atoms with Crippen molar-refractivity contribution in [1.82, 2.24) is 18.4 Å². The van der Waals surface area contributed by atoms with Gasteiger partial charge in [0, 0.05) is 29.7 Å². The van der Waals surface area contributed by atoms with Crippen molar-refractivity contribution >= 4 is 43.4 Å². The van der Waals surface area contributed by atoms with Gasteiger partial charge in [0.2, 0.25) is 10.0 Å². The van der Waals surface area contributed by atoms with Crippen LogP contribution in [0.2, 0.25) is 5.02 Å². The van der Waals surface area contributed by atoms with Crippen molar-refractivity contribution in [3.05, 3.63) is 74.5 Å². The summed E-state index contributed by atoms with van der Waals surface area (Å²) in [6.07, 6.45) is 3.00. The summed E-state index contributed by atoms with van der Waals surface area (Å²) in [6, 6.07) is 11.3. The van der Waals surface area contributed by atoms with E-state index in [0.717, 1.165) is 10.8 Å². The fraction of sp³-hybridized carbons (Fsp3) is 0.261. The number of pyridine rings is 1. The quantitative estimate of drug-likeness (QED) is 0.399. The summed E-state index contributed by atoms with van der Waals surface area (Å²) in [7, 11) is -1.92. The van der Waals surface area contributed by atoms with Crippen molar-refractivity contribution < 1.29 is 13.2 Å². The third-order valence-corrected chi connectivity index (χ3v) is 7.66. The Bertz CT molecular complexity index is 1680. The predicted molar refractivity (Wildman–Crippen MR) is 131 cm³/mol. The Morgan fingerprint density at radius 1 is 1.12 bits per heavy atom. The second kappa shape index (κ2) is 8.23. The van der Waals surface area contributed by atoms with E-state index in [1.54, 1.807) is 36.4 Å². The Hall–Kier alpha value is -3.21. The number of hydrogen-bond acceptors (Lipinski definition) is 6. The number of hydrogen-bond donors (Lipinski definition) is 0. The van der Waals surface area contributed by atoms with Crippen molar-refractivity contribution in [2.75, 3.05) is 26.5 Å². The zero-order valence-corrected chi connectivity index (χ0v) is 20.0. The molecule has 1 fully saturated rings. The number of benzene rings is 2. The Morgan fingerprint density at radius 2 is 1.88 bits per heavy atom. The third kappa shape index (κ3) is 3.58. The predicted octanol–water partition coefficient (Wildman–Crippen LogP) is 2.57. The molecule has 0 unspecified atom stereocenters. The number of sulfonamides is 1. The standard InChI is InChI=1S/C23H21ClN4O5S/c1-33-19-8-4-7-17-20(19)25-12-18-21(17)27(16-9-10-26(13-16)34(2,31)32)23(30)28(22(18)29)15-6-3-5-14(24)11-15/h3-8,11-12,16H,9-10,13H2,1-2H3/t16-/m1/s1. The maximum absolute atomic E-state index is 13.9. The molecule has 1 aliphatic heterocycles. The summed E-state index contributed by atoms with van der Waals surface area (Å²) in [6.45, 7) is 0.398. The summed E-state index contributed by atoms with van der Waals surface area (Å²) in [5, 5.41) is 1.18. The van der Waals surface area contributed by atoms with Gasteiger partial charge in [-0.3, -0.25) is 14.3 Å². The summed E-state index contributed by atoms with van der Waals surface area (Å²) in [4.78, 5) is 32.0. The van der Waals surface area contributed by atoms with E-state index >= 15 is 0 Å². The number of nitrogens with zero attached hydrogens (tertiary/aromatic N) is 4. The van der Waals surface area contributed by atoms with Gasteiger partial charge in [-0.2, -0.15) is 0 Å². The molecule has 5 rings (SSSR count). The molecule has 0 spiro atoms. The van der Waals surface area contributed by atoms with Crippen LogP contribution in [-0.4, -0.2) is 53.3 Å². The second-order valence-corrected chi connectivity index (χ2v) is 10.6. The van der Waals surface area contributed by atoms with Crippen molar-refractivity contribution in [2.24, 2.45) is 0 Å². The highest BCUT2D eigenvalue weighted by atomic mass is 35.5. The summed E-state index contributed by atoms with van der Waals surface area (Å²) >= 11 is 6.14. The third-order valence-electron chi connectivity index (χ3n) is 6.15. The Labute approximate surface area is 199 Å². The molecule has 0 aliphatic carbocycles. The first-order valence-corrected chi connectivity index (χ1v) is 12.8. The lowest BCUT2D eigenvalue weighted by molar-refractivity contribution is 0.419. The van der Waals surface area contributed by atoms with Gasteiger partial charge in [-0.1, -0.05) is 29.8 Å². The van der Waals surface area contributed by atoms with Crippen LogP contribution in [0.5, 0.6) is 5.75 Å². The minimum Gasteiger partial charge on any atom is -0.494 e. The van der Waals surface area contributed by atoms with E-state index in [-0.39, 0.29) is 18.5 Å². The van der Waals surface area contributed by atoms with Crippen LogP contribution < -0.4 is 16.0 Å². The number of para-hydroxylation sites is 1. The maximum Gasteiger partial charge on any atom is 0.336 e. The Kier molecular flexibility index (Phi) is 5.46. The lowest BCUT2D eigenvalue weighted by Crippen LogP contribution is -2.41. The van der Waals surface area contributed by atoms with Crippen LogP contribution in [0.25, 0.3) is 27.5 Å². The van der Waals surface area contributed by atoms with Crippen molar-refractivity contribution in [3.63, 3.8) is 0 Å². The lowest BCUT2D eigenvalue weighted by Gasteiger charge is -2.21. The van der Waals surface area contributed by atoms with Crippen LogP contribution in [0.4, 0.5) is 0 Å². The molecule has 176 valence electrons. The first-order chi connectivity index (χ1) is 16.2. The molecule has 3 heterocycles. The lowest BCUT2D eigenvalue weighted by atomic mass is 10.1. The van der Waals surface area contributed by atoms with E-state index in [4.69, 9.17) is 16.3 Å². The van der Waals surface area contributed by atoms with Gasteiger partial charge in [-0.05, 0) is 30.7 Å². The van der Waals surface area contributed by atoms with Gasteiger partial charge >= 0.3 is 5.69 Å². The van der Waals surface area contributed by atoms with E-state index in [1.165, 1.54) is 28.2 Å². The van der Waals surface area contributed by atoms with Crippen LogP contribution in [0.3, 0.4) is 0 Å². The van der Waals surface area contributed by atoms with E-state index in [1.807, 2.05) is 0 Å². The fourth-order valence-electron chi connectivity index (χ4n) is 4.58. The van der Waals surface area contributed by atoms with E-state index in [0.29, 0.717) is 39.3 Å². The number of rotatable bonds is 4. The molecule has 4 aromatic rings. The Morgan fingerprint density at radius 3 is 2.56 bits per heavy atom. The highest BCUT2D eigenvalue weighted by molar-refractivity contribution is 7.88. The molecular weight excluding hydrogens is 480 g/mol. The first-order valence-electron chi connectivity index (χ1n) is 10.5. The fourth-order valence-corrected chi connectivity index (χ4v) is 5.64. The zero-order chi connectivity index (χ0) is 24.2. The molecule has 0 amide bonds. The minimum absolute atomic E-state index is 0.120. The number of aromatic nitrogens is 3. The number of fused-ring (bicyclic) bond motifs is 3. The monoisotopic (exact) mass is 500 g/mol. The van der Waals surface area contributed by atoms with Crippen molar-refractivity contribution in [1.29, 1.82) is 0 Å². The van der Waals surface area contributed by atoms with E-state index < -0.39 is 27.3 Å². The van der Waals surface area contributed by atoms with Gasteiger partial charge in [0.1, 0.15) is 11.3 Å². The molecular formula is C23H21ClN4O5S. The highest BCUT2D eigenvalue weighted by Crippen LogP contribution is 2.32. The van der Waals surface area contributed by atoms with Crippen molar-refractivity contribution in [3.8, 4) is 11.4 Å². The molecule has 0 bridgehead atoms. The molecule has 2 aromatic heterocycles. The number of halogens is 1. The average Bonchev–Trinajstić information content (AvgIpc) is 3.29. The molecule has 11 heteroatoms.